The van der Waals surface area contributed by atoms with Crippen molar-refractivity contribution in [3.05, 3.63) is 28.1 Å². The zero-order chi connectivity index (χ0) is 9.71. The fraction of sp³-hybridized carbons (Fsp3) is 0.400. The zero-order valence-corrected chi connectivity index (χ0v) is 9.45. The summed E-state index contributed by atoms with van der Waals surface area (Å²) in [5.74, 6) is 1.58. The van der Waals surface area contributed by atoms with Crippen molar-refractivity contribution in [2.24, 2.45) is 0 Å². The monoisotopic (exact) mass is 251 g/mol. The molecular formula is C10H10BrN3. The Balaban J connectivity index is 2.26. The maximum Gasteiger partial charge on any atom is 0.157 e. The average molecular weight is 252 g/mol. The van der Waals surface area contributed by atoms with Gasteiger partial charge in [0.25, 0.3) is 0 Å². The lowest BCUT2D eigenvalue weighted by molar-refractivity contribution is 0.901. The van der Waals surface area contributed by atoms with E-state index in [-0.39, 0.29) is 0 Å². The summed E-state index contributed by atoms with van der Waals surface area (Å²) >= 11 is 3.52. The molecule has 2 aromatic rings. The van der Waals surface area contributed by atoms with Crippen molar-refractivity contribution in [2.45, 2.75) is 25.7 Å². The first kappa shape index (κ1) is 8.41. The highest BCUT2D eigenvalue weighted by Crippen LogP contribution is 2.41. The molecule has 1 aliphatic rings. The van der Waals surface area contributed by atoms with E-state index in [1.807, 2.05) is 11.4 Å². The van der Waals surface area contributed by atoms with E-state index in [4.69, 9.17) is 0 Å². The summed E-state index contributed by atoms with van der Waals surface area (Å²) in [5.41, 5.74) is 2.33. The number of hydrogen-bond donors (Lipinski definition) is 0. The Hall–Kier alpha value is -0.900. The number of aryl methyl sites for hydroxylation is 1. The molecule has 14 heavy (non-hydrogen) atoms. The van der Waals surface area contributed by atoms with Crippen molar-refractivity contribution < 1.29 is 0 Å². The van der Waals surface area contributed by atoms with Crippen LogP contribution < -0.4 is 0 Å². The van der Waals surface area contributed by atoms with Crippen LogP contribution in [0.15, 0.2) is 16.7 Å². The smallest absolute Gasteiger partial charge is 0.157 e. The molecule has 1 fully saturated rings. The molecule has 0 bridgehead atoms. The molecule has 0 atom stereocenters. The van der Waals surface area contributed by atoms with Gasteiger partial charge in [-0.1, -0.05) is 0 Å². The molecule has 0 spiro atoms. The van der Waals surface area contributed by atoms with Crippen LogP contribution in [0.2, 0.25) is 0 Å². The van der Waals surface area contributed by atoms with Crippen LogP contribution in [0.1, 0.15) is 30.1 Å². The van der Waals surface area contributed by atoms with Crippen LogP contribution in [-0.2, 0) is 0 Å². The van der Waals surface area contributed by atoms with Crippen LogP contribution in [0.25, 0.3) is 5.65 Å². The lowest BCUT2D eigenvalue weighted by atomic mass is 10.2. The summed E-state index contributed by atoms with van der Waals surface area (Å²) < 4.78 is 2.83. The topological polar surface area (TPSA) is 30.2 Å². The first-order valence-electron chi connectivity index (χ1n) is 4.77. The standard InChI is InChI=1S/C10H10BrN3/c1-6-12-10-5-8(7-2-3-7)4-9(11)14(10)13-6/h4-5,7H,2-3H2,1H3. The van der Waals surface area contributed by atoms with Crippen molar-refractivity contribution in [2.75, 3.05) is 0 Å². The van der Waals surface area contributed by atoms with E-state index in [9.17, 15) is 0 Å². The molecule has 3 nitrogen and oxygen atoms in total. The number of pyridine rings is 1. The minimum absolute atomic E-state index is 0.758. The number of aromatic nitrogens is 3. The van der Waals surface area contributed by atoms with E-state index in [2.05, 4.69) is 38.1 Å². The highest BCUT2D eigenvalue weighted by Gasteiger charge is 2.24. The van der Waals surface area contributed by atoms with Gasteiger partial charge in [-0.15, -0.1) is 0 Å². The van der Waals surface area contributed by atoms with Crippen LogP contribution in [0.4, 0.5) is 0 Å². The minimum atomic E-state index is 0.758. The lowest BCUT2D eigenvalue weighted by Crippen LogP contribution is -1.92. The van der Waals surface area contributed by atoms with Gasteiger partial charge >= 0.3 is 0 Å². The third-order valence-electron chi connectivity index (χ3n) is 2.57. The van der Waals surface area contributed by atoms with E-state index in [1.54, 1.807) is 0 Å². The maximum atomic E-state index is 4.37. The molecule has 0 saturated heterocycles. The summed E-state index contributed by atoms with van der Waals surface area (Å²) in [6.07, 6.45) is 2.63. The predicted octanol–water partition coefficient (Wildman–Crippen LogP) is 2.68. The van der Waals surface area contributed by atoms with Gasteiger partial charge in [0.1, 0.15) is 10.4 Å². The Morgan fingerprint density at radius 1 is 1.43 bits per heavy atom. The SMILES string of the molecule is Cc1nc2cc(C3CC3)cc(Br)n2n1. The van der Waals surface area contributed by atoms with Gasteiger partial charge < -0.3 is 0 Å². The molecule has 4 heteroatoms. The molecule has 0 aromatic carbocycles. The molecule has 2 heterocycles. The van der Waals surface area contributed by atoms with Gasteiger partial charge in [0.15, 0.2) is 5.65 Å². The molecule has 1 aliphatic carbocycles. The van der Waals surface area contributed by atoms with Gasteiger partial charge in [0, 0.05) is 0 Å². The van der Waals surface area contributed by atoms with Gasteiger partial charge in [-0.3, -0.25) is 0 Å². The summed E-state index contributed by atoms with van der Waals surface area (Å²) in [4.78, 5) is 4.37. The highest BCUT2D eigenvalue weighted by molar-refractivity contribution is 9.10. The van der Waals surface area contributed by atoms with Gasteiger partial charge in [-0.05, 0) is 59.3 Å². The van der Waals surface area contributed by atoms with Crippen molar-refractivity contribution in [1.29, 1.82) is 0 Å². The van der Waals surface area contributed by atoms with Crippen molar-refractivity contribution in [3.63, 3.8) is 0 Å². The molecule has 2 aromatic heterocycles. The molecule has 0 radical (unpaired) electrons. The van der Waals surface area contributed by atoms with Crippen LogP contribution in [-0.4, -0.2) is 14.6 Å². The van der Waals surface area contributed by atoms with E-state index in [0.717, 1.165) is 22.0 Å². The number of fused-ring (bicyclic) bond motifs is 1. The van der Waals surface area contributed by atoms with Gasteiger partial charge in [0.05, 0.1) is 0 Å². The Bertz CT molecular complexity index is 499. The van der Waals surface area contributed by atoms with Gasteiger partial charge in [-0.25, -0.2) is 9.50 Å². The van der Waals surface area contributed by atoms with Gasteiger partial charge in [-0.2, -0.15) is 5.10 Å². The molecule has 72 valence electrons. The van der Waals surface area contributed by atoms with Crippen molar-refractivity contribution in [3.8, 4) is 0 Å². The summed E-state index contributed by atoms with van der Waals surface area (Å²) in [6.45, 7) is 1.91. The summed E-state index contributed by atoms with van der Waals surface area (Å²) in [6, 6.07) is 4.29. The Labute approximate surface area is 90.3 Å². The minimum Gasteiger partial charge on any atom is -0.212 e. The molecule has 1 saturated carbocycles. The first-order chi connectivity index (χ1) is 6.74. The van der Waals surface area contributed by atoms with Crippen LogP contribution in [0.3, 0.4) is 0 Å². The number of nitrogens with zero attached hydrogens (tertiary/aromatic N) is 3. The Kier molecular flexibility index (Phi) is 1.68. The van der Waals surface area contributed by atoms with Crippen LogP contribution in [0.5, 0.6) is 0 Å². The third kappa shape index (κ3) is 1.25. The second kappa shape index (κ2) is 2.79. The number of rotatable bonds is 1. The highest BCUT2D eigenvalue weighted by atomic mass is 79.9. The molecular weight excluding hydrogens is 242 g/mol. The van der Waals surface area contributed by atoms with Gasteiger partial charge in [0.2, 0.25) is 0 Å². The zero-order valence-electron chi connectivity index (χ0n) is 7.87. The van der Waals surface area contributed by atoms with Crippen LogP contribution in [0, 0.1) is 6.92 Å². The number of halogens is 1. The normalized spacial score (nSPS) is 16.4. The van der Waals surface area contributed by atoms with Crippen molar-refractivity contribution >= 4 is 21.6 Å². The number of hydrogen-bond acceptors (Lipinski definition) is 2. The summed E-state index contributed by atoms with van der Waals surface area (Å²) in [5, 5.41) is 4.29. The largest absolute Gasteiger partial charge is 0.212 e. The lowest BCUT2D eigenvalue weighted by Gasteiger charge is -2.00. The summed E-state index contributed by atoms with van der Waals surface area (Å²) in [7, 11) is 0. The second-order valence-corrected chi connectivity index (χ2v) is 4.63. The molecule has 0 unspecified atom stereocenters. The maximum absolute atomic E-state index is 4.37. The second-order valence-electron chi connectivity index (χ2n) is 3.81. The molecule has 0 N–H and O–H groups in total. The quantitative estimate of drug-likeness (QED) is 0.730. The van der Waals surface area contributed by atoms with E-state index in [1.165, 1.54) is 18.4 Å². The first-order valence-corrected chi connectivity index (χ1v) is 5.56. The fourth-order valence-corrected chi connectivity index (χ4v) is 2.25. The van der Waals surface area contributed by atoms with Crippen molar-refractivity contribution in [1.82, 2.24) is 14.6 Å². The fourth-order valence-electron chi connectivity index (χ4n) is 1.72. The van der Waals surface area contributed by atoms with Crippen LogP contribution >= 0.6 is 15.9 Å². The van der Waals surface area contributed by atoms with E-state index in [0.29, 0.717) is 0 Å². The Morgan fingerprint density at radius 3 is 2.93 bits per heavy atom. The molecule has 0 amide bonds. The Morgan fingerprint density at radius 2 is 2.21 bits per heavy atom. The average Bonchev–Trinajstić information content (AvgIpc) is 2.89. The predicted molar refractivity (Wildman–Crippen MR) is 57.4 cm³/mol. The molecule has 0 aliphatic heterocycles. The van der Waals surface area contributed by atoms with E-state index < -0.39 is 0 Å². The third-order valence-corrected chi connectivity index (χ3v) is 3.14. The van der Waals surface area contributed by atoms with E-state index >= 15 is 0 Å². The molecule has 3 rings (SSSR count).